The predicted molar refractivity (Wildman–Crippen MR) is 47.1 cm³/mol. The van der Waals surface area contributed by atoms with Gasteiger partial charge >= 0.3 is 6.09 Å². The van der Waals surface area contributed by atoms with Gasteiger partial charge in [-0.05, 0) is 11.6 Å². The van der Waals surface area contributed by atoms with E-state index >= 15 is 0 Å². The Morgan fingerprint density at radius 2 is 2.36 bits per heavy atom. The van der Waals surface area contributed by atoms with Crippen LogP contribution in [0, 0.1) is 12.2 Å². The third kappa shape index (κ3) is 2.70. The van der Waals surface area contributed by atoms with Gasteiger partial charge in [0.15, 0.2) is 0 Å². The molecule has 75 valence electrons. The van der Waals surface area contributed by atoms with Crippen LogP contribution in [0.4, 0.5) is 9.18 Å². The lowest BCUT2D eigenvalue weighted by molar-refractivity contribution is 0.210. The molecule has 4 nitrogen and oxygen atoms in total. The van der Waals surface area contributed by atoms with Gasteiger partial charge in [-0.3, -0.25) is 0 Å². The van der Waals surface area contributed by atoms with E-state index in [1.807, 2.05) is 0 Å². The third-order valence-corrected chi connectivity index (χ3v) is 1.50. The van der Waals surface area contributed by atoms with Gasteiger partial charge in [-0.2, -0.15) is 0 Å². The average molecular weight is 198 g/mol. The van der Waals surface area contributed by atoms with Crippen molar-refractivity contribution in [1.29, 1.82) is 0 Å². The van der Waals surface area contributed by atoms with E-state index in [-0.39, 0.29) is 17.9 Å². The lowest BCUT2D eigenvalue weighted by Crippen LogP contribution is -2.16. The molecule has 0 saturated carbocycles. The predicted octanol–water partition coefficient (Wildman–Crippen LogP) is 0.828. The van der Waals surface area contributed by atoms with Crippen molar-refractivity contribution in [2.24, 2.45) is 5.73 Å². The molecule has 0 bridgehead atoms. The highest BCUT2D eigenvalue weighted by Gasteiger charge is 2.05. The van der Waals surface area contributed by atoms with E-state index in [2.05, 4.69) is 4.74 Å². The van der Waals surface area contributed by atoms with Gasteiger partial charge in [0.25, 0.3) is 0 Å². The van der Waals surface area contributed by atoms with Crippen molar-refractivity contribution in [2.75, 3.05) is 6.61 Å². The van der Waals surface area contributed by atoms with Crippen LogP contribution in [-0.4, -0.2) is 17.8 Å². The number of aliphatic hydroxyl groups is 1. The molecule has 1 aromatic rings. The number of nitrogens with two attached hydrogens (primary N) is 1. The highest BCUT2D eigenvalue weighted by Crippen LogP contribution is 2.17. The molecule has 0 aliphatic rings. The van der Waals surface area contributed by atoms with Crippen molar-refractivity contribution in [3.8, 4) is 5.75 Å². The van der Waals surface area contributed by atoms with Crippen molar-refractivity contribution >= 4 is 6.09 Å². The Morgan fingerprint density at radius 1 is 1.64 bits per heavy atom. The fraction of sp³-hybridized carbons (Fsp3) is 0.111. The number of rotatable bonds is 3. The van der Waals surface area contributed by atoms with Gasteiger partial charge < -0.3 is 15.6 Å². The smallest absolute Gasteiger partial charge is 0.409 e. The van der Waals surface area contributed by atoms with E-state index in [4.69, 9.17) is 10.8 Å². The Labute approximate surface area is 80.1 Å². The molecule has 1 aromatic carbocycles. The zero-order chi connectivity index (χ0) is 10.6. The number of hydrogen-bond acceptors (Lipinski definition) is 3. The molecular formula is C9H9FNO3. The van der Waals surface area contributed by atoms with Gasteiger partial charge in [-0.1, -0.05) is 6.07 Å². The topological polar surface area (TPSA) is 72.6 Å². The van der Waals surface area contributed by atoms with Crippen molar-refractivity contribution in [3.05, 3.63) is 36.0 Å². The maximum atomic E-state index is 13.1. The number of amides is 1. The molecule has 0 heterocycles. The van der Waals surface area contributed by atoms with Crippen molar-refractivity contribution in [1.82, 2.24) is 0 Å². The monoisotopic (exact) mass is 198 g/mol. The largest absolute Gasteiger partial charge is 0.410 e. The van der Waals surface area contributed by atoms with Crippen molar-refractivity contribution < 1.29 is 19.0 Å². The number of aliphatic hydroxyl groups excluding tert-OH is 1. The van der Waals surface area contributed by atoms with Gasteiger partial charge in [0.05, 0.1) is 6.61 Å². The molecule has 5 heteroatoms. The van der Waals surface area contributed by atoms with Crippen molar-refractivity contribution in [2.45, 2.75) is 0 Å². The number of hydrogen-bond donors (Lipinski definition) is 2. The molecule has 0 spiro atoms. The second-order valence-corrected chi connectivity index (χ2v) is 2.49. The van der Waals surface area contributed by atoms with Gasteiger partial charge in [0, 0.05) is 12.5 Å². The summed E-state index contributed by atoms with van der Waals surface area (Å²) in [6.07, 6.45) is 0.298. The Morgan fingerprint density at radius 3 is 2.86 bits per heavy atom. The number of carbonyl (C=O) groups excluding carboxylic acids is 1. The van der Waals surface area contributed by atoms with Crippen LogP contribution in [-0.2, 0) is 0 Å². The molecule has 0 atom stereocenters. The quantitative estimate of drug-likeness (QED) is 0.755. The van der Waals surface area contributed by atoms with Crippen molar-refractivity contribution in [3.63, 3.8) is 0 Å². The molecule has 3 N–H and O–H groups in total. The molecular weight excluding hydrogens is 189 g/mol. The minimum Gasteiger partial charge on any atom is -0.410 e. The second kappa shape index (κ2) is 4.57. The summed E-state index contributed by atoms with van der Waals surface area (Å²) in [4.78, 5) is 10.3. The first-order chi connectivity index (χ1) is 6.63. The summed E-state index contributed by atoms with van der Waals surface area (Å²) < 4.78 is 17.6. The lowest BCUT2D eigenvalue weighted by Gasteiger charge is -2.03. The fourth-order valence-electron chi connectivity index (χ4n) is 0.951. The SMILES string of the molecule is NC(=O)Oc1ccc([CH]CO)c(F)c1. The van der Waals surface area contributed by atoms with Crippen LogP contribution in [0.1, 0.15) is 5.56 Å². The first-order valence-electron chi connectivity index (χ1n) is 3.84. The van der Waals surface area contributed by atoms with Crippen LogP contribution in [0.2, 0.25) is 0 Å². The van der Waals surface area contributed by atoms with E-state index < -0.39 is 11.9 Å². The van der Waals surface area contributed by atoms with E-state index in [1.54, 1.807) is 0 Å². The maximum absolute atomic E-state index is 13.1. The normalized spacial score (nSPS) is 9.86. The number of carbonyl (C=O) groups is 1. The summed E-state index contributed by atoms with van der Waals surface area (Å²) in [6.45, 7) is -0.257. The van der Waals surface area contributed by atoms with Crippen LogP contribution < -0.4 is 10.5 Å². The van der Waals surface area contributed by atoms with E-state index in [1.165, 1.54) is 18.6 Å². The molecule has 0 aliphatic carbocycles. The summed E-state index contributed by atoms with van der Waals surface area (Å²) in [5, 5.41) is 8.53. The Hall–Kier alpha value is -1.62. The lowest BCUT2D eigenvalue weighted by atomic mass is 10.1. The summed E-state index contributed by atoms with van der Waals surface area (Å²) >= 11 is 0. The highest BCUT2D eigenvalue weighted by molar-refractivity contribution is 5.68. The van der Waals surface area contributed by atoms with E-state index in [9.17, 15) is 9.18 Å². The number of halogens is 1. The van der Waals surface area contributed by atoms with Crippen LogP contribution in [0.3, 0.4) is 0 Å². The van der Waals surface area contributed by atoms with Crippen LogP contribution in [0.5, 0.6) is 5.75 Å². The van der Waals surface area contributed by atoms with Gasteiger partial charge in [-0.25, -0.2) is 9.18 Å². The number of primary amides is 1. The average Bonchev–Trinajstić information content (AvgIpc) is 2.09. The molecule has 1 rings (SSSR count). The summed E-state index contributed by atoms with van der Waals surface area (Å²) in [6, 6.07) is 3.78. The molecule has 0 unspecified atom stereocenters. The second-order valence-electron chi connectivity index (χ2n) is 2.49. The molecule has 0 aliphatic heterocycles. The van der Waals surface area contributed by atoms with Gasteiger partial charge in [-0.15, -0.1) is 0 Å². The van der Waals surface area contributed by atoms with Gasteiger partial charge in [0.2, 0.25) is 0 Å². The summed E-state index contributed by atoms with van der Waals surface area (Å²) in [5.74, 6) is -0.553. The third-order valence-electron chi connectivity index (χ3n) is 1.50. The molecule has 0 aromatic heterocycles. The highest BCUT2D eigenvalue weighted by atomic mass is 19.1. The minimum absolute atomic E-state index is 0.0325. The number of ether oxygens (including phenoxy) is 1. The Bertz CT molecular complexity index is 341. The Balaban J connectivity index is 2.83. The summed E-state index contributed by atoms with van der Waals surface area (Å²) in [5.41, 5.74) is 4.98. The van der Waals surface area contributed by atoms with Gasteiger partial charge in [0.1, 0.15) is 11.6 Å². The first kappa shape index (κ1) is 10.5. The standard InChI is InChI=1S/C9H9FNO3/c10-8-5-7(14-9(11)13)2-1-6(8)3-4-12/h1-3,5,12H,4H2,(H2,11,13). The molecule has 1 radical (unpaired) electrons. The fourth-order valence-corrected chi connectivity index (χ4v) is 0.951. The van der Waals surface area contributed by atoms with Crippen LogP contribution >= 0.6 is 0 Å². The summed E-state index contributed by atoms with van der Waals surface area (Å²) in [7, 11) is 0. The minimum atomic E-state index is -0.997. The Kier molecular flexibility index (Phi) is 3.41. The zero-order valence-corrected chi connectivity index (χ0v) is 7.24. The van der Waals surface area contributed by atoms with Crippen LogP contribution in [0.15, 0.2) is 18.2 Å². The molecule has 1 amide bonds. The molecule has 0 saturated heterocycles. The first-order valence-corrected chi connectivity index (χ1v) is 3.84. The van der Waals surface area contributed by atoms with Crippen LogP contribution in [0.25, 0.3) is 0 Å². The maximum Gasteiger partial charge on any atom is 0.409 e. The molecule has 14 heavy (non-hydrogen) atoms. The van der Waals surface area contributed by atoms with E-state index in [0.717, 1.165) is 6.07 Å². The zero-order valence-electron chi connectivity index (χ0n) is 7.24. The number of benzene rings is 1. The van der Waals surface area contributed by atoms with E-state index in [0.29, 0.717) is 0 Å². The molecule has 0 fully saturated rings.